The molecule has 0 aromatic heterocycles. The quantitative estimate of drug-likeness (QED) is 0.754. The van der Waals surface area contributed by atoms with Crippen LogP contribution in [0.3, 0.4) is 0 Å². The van der Waals surface area contributed by atoms with E-state index in [2.05, 4.69) is 81.5 Å². The van der Waals surface area contributed by atoms with Crippen molar-refractivity contribution in [2.45, 2.75) is 40.2 Å². The first-order valence-electron chi connectivity index (χ1n) is 7.45. The van der Waals surface area contributed by atoms with Crippen LogP contribution in [0.5, 0.6) is 0 Å². The summed E-state index contributed by atoms with van der Waals surface area (Å²) in [5.41, 5.74) is 5.30. The van der Waals surface area contributed by atoms with Crippen LogP contribution in [0.2, 0.25) is 0 Å². The van der Waals surface area contributed by atoms with E-state index in [0.29, 0.717) is 12.0 Å². The fourth-order valence-corrected chi connectivity index (χ4v) is 2.53. The molecule has 20 heavy (non-hydrogen) atoms. The molecule has 1 nitrogen and oxygen atoms in total. The number of anilines is 1. The van der Waals surface area contributed by atoms with Crippen LogP contribution in [-0.4, -0.2) is 0 Å². The average Bonchev–Trinajstić information content (AvgIpc) is 2.43. The smallest absolute Gasteiger partial charge is 0.0516 e. The van der Waals surface area contributed by atoms with Crippen LogP contribution >= 0.6 is 0 Å². The van der Waals surface area contributed by atoms with Gasteiger partial charge in [0.1, 0.15) is 0 Å². The normalized spacial score (nSPS) is 12.4. The first-order valence-corrected chi connectivity index (χ1v) is 7.45. The van der Waals surface area contributed by atoms with Gasteiger partial charge in [-0.1, -0.05) is 56.3 Å². The van der Waals surface area contributed by atoms with Crippen LogP contribution in [0, 0.1) is 19.8 Å². The topological polar surface area (TPSA) is 12.0 Å². The van der Waals surface area contributed by atoms with E-state index in [1.807, 2.05) is 0 Å². The maximum absolute atomic E-state index is 3.74. The van der Waals surface area contributed by atoms with Crippen molar-refractivity contribution in [1.82, 2.24) is 0 Å². The Hall–Kier alpha value is -1.76. The summed E-state index contributed by atoms with van der Waals surface area (Å²) in [5, 5.41) is 3.74. The van der Waals surface area contributed by atoms with Gasteiger partial charge in [-0.3, -0.25) is 0 Å². The fourth-order valence-electron chi connectivity index (χ4n) is 2.53. The van der Waals surface area contributed by atoms with Crippen LogP contribution in [0.25, 0.3) is 0 Å². The minimum Gasteiger partial charge on any atom is -0.378 e. The predicted molar refractivity (Wildman–Crippen MR) is 88.2 cm³/mol. The molecule has 0 radical (unpaired) electrons. The Morgan fingerprint density at radius 2 is 1.60 bits per heavy atom. The second-order valence-electron chi connectivity index (χ2n) is 5.98. The van der Waals surface area contributed by atoms with Gasteiger partial charge in [-0.2, -0.15) is 0 Å². The maximum Gasteiger partial charge on any atom is 0.0516 e. The summed E-state index contributed by atoms with van der Waals surface area (Å²) >= 11 is 0. The third kappa shape index (κ3) is 3.63. The monoisotopic (exact) mass is 267 g/mol. The standard InChI is InChI=1S/C19H25N/c1-14(2)13-19(17-10-6-5-7-11-17)20-18-12-8-9-15(3)16(18)4/h5-12,14,19-20H,13H2,1-4H3. The van der Waals surface area contributed by atoms with Crippen LogP contribution < -0.4 is 5.32 Å². The van der Waals surface area contributed by atoms with Gasteiger partial charge in [-0.05, 0) is 48.9 Å². The molecule has 0 heterocycles. The summed E-state index contributed by atoms with van der Waals surface area (Å²) in [6, 6.07) is 17.6. The van der Waals surface area contributed by atoms with Crippen LogP contribution in [-0.2, 0) is 0 Å². The number of aryl methyl sites for hydroxylation is 1. The zero-order valence-corrected chi connectivity index (χ0v) is 13.0. The highest BCUT2D eigenvalue weighted by molar-refractivity contribution is 5.55. The lowest BCUT2D eigenvalue weighted by Crippen LogP contribution is -2.14. The van der Waals surface area contributed by atoms with Crippen molar-refractivity contribution in [3.8, 4) is 0 Å². The first-order chi connectivity index (χ1) is 9.58. The molecule has 0 spiro atoms. The van der Waals surface area contributed by atoms with E-state index >= 15 is 0 Å². The van der Waals surface area contributed by atoms with E-state index in [4.69, 9.17) is 0 Å². The summed E-state index contributed by atoms with van der Waals surface area (Å²) in [6.07, 6.45) is 1.14. The third-order valence-electron chi connectivity index (χ3n) is 3.84. The number of hydrogen-bond donors (Lipinski definition) is 1. The lowest BCUT2D eigenvalue weighted by Gasteiger charge is -2.24. The van der Waals surface area contributed by atoms with Gasteiger partial charge in [0.05, 0.1) is 6.04 Å². The minimum atomic E-state index is 0.372. The SMILES string of the molecule is Cc1cccc(NC(CC(C)C)c2ccccc2)c1C. The van der Waals surface area contributed by atoms with E-state index < -0.39 is 0 Å². The Labute approximate surface area is 123 Å². The molecule has 1 atom stereocenters. The summed E-state index contributed by atoms with van der Waals surface area (Å²) < 4.78 is 0. The zero-order valence-electron chi connectivity index (χ0n) is 13.0. The molecule has 2 aromatic carbocycles. The summed E-state index contributed by atoms with van der Waals surface area (Å²) in [7, 11) is 0. The maximum atomic E-state index is 3.74. The highest BCUT2D eigenvalue weighted by Gasteiger charge is 2.14. The number of rotatable bonds is 5. The van der Waals surface area contributed by atoms with Gasteiger partial charge in [-0.15, -0.1) is 0 Å². The van der Waals surface area contributed by atoms with Gasteiger partial charge in [-0.25, -0.2) is 0 Å². The van der Waals surface area contributed by atoms with Gasteiger partial charge in [0.2, 0.25) is 0 Å². The predicted octanol–water partition coefficient (Wildman–Crippen LogP) is 5.50. The van der Waals surface area contributed by atoms with Crippen molar-refractivity contribution < 1.29 is 0 Å². The van der Waals surface area contributed by atoms with Gasteiger partial charge in [0.15, 0.2) is 0 Å². The van der Waals surface area contributed by atoms with Crippen molar-refractivity contribution >= 4 is 5.69 Å². The van der Waals surface area contributed by atoms with Crippen molar-refractivity contribution in [2.75, 3.05) is 5.32 Å². The Bertz CT molecular complexity index is 543. The molecular weight excluding hydrogens is 242 g/mol. The molecule has 0 fully saturated rings. The van der Waals surface area contributed by atoms with Gasteiger partial charge in [0.25, 0.3) is 0 Å². The van der Waals surface area contributed by atoms with E-state index in [-0.39, 0.29) is 0 Å². The first kappa shape index (κ1) is 14.6. The van der Waals surface area contributed by atoms with Crippen molar-refractivity contribution in [1.29, 1.82) is 0 Å². The molecule has 1 heteroatoms. The molecule has 2 aromatic rings. The fraction of sp³-hybridized carbons (Fsp3) is 0.368. The summed E-state index contributed by atoms with van der Waals surface area (Å²) in [4.78, 5) is 0. The van der Waals surface area contributed by atoms with E-state index in [1.165, 1.54) is 22.4 Å². The molecule has 0 aliphatic rings. The van der Waals surface area contributed by atoms with Gasteiger partial charge >= 0.3 is 0 Å². The average molecular weight is 267 g/mol. The minimum absolute atomic E-state index is 0.372. The Kier molecular flexibility index (Phi) is 4.84. The van der Waals surface area contributed by atoms with Crippen molar-refractivity contribution in [2.24, 2.45) is 5.92 Å². The highest BCUT2D eigenvalue weighted by atomic mass is 14.9. The van der Waals surface area contributed by atoms with Crippen LogP contribution in [0.1, 0.15) is 43.0 Å². The van der Waals surface area contributed by atoms with Crippen molar-refractivity contribution in [3.05, 3.63) is 65.2 Å². The van der Waals surface area contributed by atoms with E-state index in [9.17, 15) is 0 Å². The molecule has 106 valence electrons. The second-order valence-corrected chi connectivity index (χ2v) is 5.98. The lowest BCUT2D eigenvalue weighted by molar-refractivity contribution is 0.531. The highest BCUT2D eigenvalue weighted by Crippen LogP contribution is 2.28. The Balaban J connectivity index is 2.26. The molecule has 0 saturated heterocycles. The molecule has 1 unspecified atom stereocenters. The largest absolute Gasteiger partial charge is 0.378 e. The number of benzene rings is 2. The zero-order chi connectivity index (χ0) is 14.5. The van der Waals surface area contributed by atoms with Crippen LogP contribution in [0.15, 0.2) is 48.5 Å². The van der Waals surface area contributed by atoms with Gasteiger partial charge < -0.3 is 5.32 Å². The molecule has 0 amide bonds. The Morgan fingerprint density at radius 3 is 2.25 bits per heavy atom. The summed E-state index contributed by atoms with van der Waals surface area (Å²) in [5.74, 6) is 0.665. The van der Waals surface area contributed by atoms with E-state index in [1.54, 1.807) is 0 Å². The van der Waals surface area contributed by atoms with Crippen molar-refractivity contribution in [3.63, 3.8) is 0 Å². The molecule has 0 aliphatic heterocycles. The molecular formula is C19H25N. The second kappa shape index (κ2) is 6.60. The molecule has 1 N–H and O–H groups in total. The molecule has 2 rings (SSSR count). The number of nitrogens with one attached hydrogen (secondary N) is 1. The third-order valence-corrected chi connectivity index (χ3v) is 3.84. The van der Waals surface area contributed by atoms with E-state index in [0.717, 1.165) is 6.42 Å². The molecule has 0 bridgehead atoms. The van der Waals surface area contributed by atoms with Crippen LogP contribution in [0.4, 0.5) is 5.69 Å². The van der Waals surface area contributed by atoms with Gasteiger partial charge in [0, 0.05) is 5.69 Å². The molecule has 0 saturated carbocycles. The summed E-state index contributed by atoms with van der Waals surface area (Å²) in [6.45, 7) is 8.91. The lowest BCUT2D eigenvalue weighted by atomic mass is 9.96. The number of hydrogen-bond acceptors (Lipinski definition) is 1. The molecule has 0 aliphatic carbocycles. The Morgan fingerprint density at radius 1 is 0.900 bits per heavy atom.